The molecule has 2 aromatic carbocycles. The molecule has 25 heavy (non-hydrogen) atoms. The van der Waals surface area contributed by atoms with E-state index in [9.17, 15) is 14.9 Å². The lowest BCUT2D eigenvalue weighted by Crippen LogP contribution is -3.08. The topological polar surface area (TPSA) is 85.9 Å². The highest BCUT2D eigenvalue weighted by Crippen LogP contribution is 2.26. The summed E-state index contributed by atoms with van der Waals surface area (Å²) in [6.45, 7) is 0.878. The summed E-state index contributed by atoms with van der Waals surface area (Å²) in [6.07, 6.45) is 0. The van der Waals surface area contributed by atoms with Crippen LogP contribution in [0.5, 0.6) is 5.75 Å². The van der Waals surface area contributed by atoms with E-state index in [4.69, 9.17) is 16.3 Å². The highest BCUT2D eigenvalue weighted by molar-refractivity contribution is 6.33. The zero-order chi connectivity index (χ0) is 18.4. The van der Waals surface area contributed by atoms with Gasteiger partial charge in [0.15, 0.2) is 6.54 Å². The second-order valence-corrected chi connectivity index (χ2v) is 6.04. The number of anilines is 1. The minimum Gasteiger partial charge on any atom is -0.497 e. The molecule has 0 heterocycles. The fourth-order valence-electron chi connectivity index (χ4n) is 2.38. The molecule has 0 aliphatic rings. The first-order valence-electron chi connectivity index (χ1n) is 7.57. The molecule has 0 aliphatic heterocycles. The molecule has 8 heteroatoms. The van der Waals surface area contributed by atoms with E-state index in [1.165, 1.54) is 18.2 Å². The van der Waals surface area contributed by atoms with Gasteiger partial charge in [0.25, 0.3) is 11.6 Å². The van der Waals surface area contributed by atoms with Crippen molar-refractivity contribution in [2.45, 2.75) is 6.54 Å². The van der Waals surface area contributed by atoms with Crippen molar-refractivity contribution in [3.63, 3.8) is 0 Å². The summed E-state index contributed by atoms with van der Waals surface area (Å²) < 4.78 is 5.18. The molecule has 0 aliphatic carbocycles. The molecule has 2 aromatic rings. The van der Waals surface area contributed by atoms with Crippen molar-refractivity contribution < 1.29 is 19.4 Å². The van der Waals surface area contributed by atoms with E-state index in [-0.39, 0.29) is 23.2 Å². The van der Waals surface area contributed by atoms with E-state index in [2.05, 4.69) is 5.32 Å². The number of rotatable bonds is 7. The van der Waals surface area contributed by atoms with Crippen LogP contribution in [0.4, 0.5) is 11.4 Å². The lowest BCUT2D eigenvalue weighted by Gasteiger charge is -2.14. The highest BCUT2D eigenvalue weighted by atomic mass is 35.5. The van der Waals surface area contributed by atoms with Crippen molar-refractivity contribution in [1.82, 2.24) is 0 Å². The van der Waals surface area contributed by atoms with Crippen LogP contribution in [0, 0.1) is 10.1 Å². The molecule has 132 valence electrons. The number of amides is 1. The van der Waals surface area contributed by atoms with Crippen LogP contribution in [0.2, 0.25) is 5.02 Å². The maximum Gasteiger partial charge on any atom is 0.279 e. The first-order valence-corrected chi connectivity index (χ1v) is 7.95. The number of quaternary nitrogens is 1. The molecule has 0 fully saturated rings. The number of carbonyl (C=O) groups excluding carboxylic acids is 1. The standard InChI is InChI=1S/C17H18ClN3O4/c1-20(10-12-4-3-5-14(8-12)25-2)11-17(22)19-16-7-6-13(21(23)24)9-15(16)18/h3-9H,10-11H2,1-2H3,(H,19,22)/p+1. The fourth-order valence-corrected chi connectivity index (χ4v) is 2.60. The van der Waals surface area contributed by atoms with Gasteiger partial charge in [-0.1, -0.05) is 23.7 Å². The third-order valence-electron chi connectivity index (χ3n) is 3.54. The van der Waals surface area contributed by atoms with E-state index in [1.807, 2.05) is 31.3 Å². The molecule has 0 saturated carbocycles. The van der Waals surface area contributed by atoms with E-state index in [0.29, 0.717) is 12.2 Å². The molecule has 0 aromatic heterocycles. The predicted octanol–water partition coefficient (Wildman–Crippen LogP) is 1.91. The van der Waals surface area contributed by atoms with Gasteiger partial charge < -0.3 is 15.0 Å². The Kier molecular flexibility index (Phi) is 6.32. The summed E-state index contributed by atoms with van der Waals surface area (Å²) in [5.74, 6) is 0.545. The van der Waals surface area contributed by atoms with Gasteiger partial charge in [0.1, 0.15) is 12.3 Å². The molecule has 0 radical (unpaired) electrons. The molecule has 2 rings (SSSR count). The number of hydrogen-bond donors (Lipinski definition) is 2. The summed E-state index contributed by atoms with van der Waals surface area (Å²) in [6, 6.07) is 11.6. The number of likely N-dealkylation sites (N-methyl/N-ethyl adjacent to an activating group) is 1. The number of nitrogens with one attached hydrogen (secondary N) is 2. The van der Waals surface area contributed by atoms with Crippen molar-refractivity contribution in [3.05, 3.63) is 63.2 Å². The number of benzene rings is 2. The van der Waals surface area contributed by atoms with Crippen LogP contribution in [-0.4, -0.2) is 31.5 Å². The Bertz CT molecular complexity index is 782. The lowest BCUT2D eigenvalue weighted by molar-refractivity contribution is -0.885. The minimum absolute atomic E-state index is 0.122. The number of methoxy groups -OCH3 is 1. The van der Waals surface area contributed by atoms with Gasteiger partial charge in [0.05, 0.1) is 29.8 Å². The van der Waals surface area contributed by atoms with Gasteiger partial charge in [-0.25, -0.2) is 0 Å². The molecular formula is C17H19ClN3O4+. The number of nitrogens with zero attached hydrogens (tertiary/aromatic N) is 1. The second-order valence-electron chi connectivity index (χ2n) is 5.63. The first-order chi connectivity index (χ1) is 11.9. The molecule has 0 spiro atoms. The van der Waals surface area contributed by atoms with Gasteiger partial charge in [-0.05, 0) is 18.2 Å². The summed E-state index contributed by atoms with van der Waals surface area (Å²) in [7, 11) is 3.51. The van der Waals surface area contributed by atoms with Crippen molar-refractivity contribution >= 4 is 28.9 Å². The van der Waals surface area contributed by atoms with Gasteiger partial charge >= 0.3 is 0 Å². The Labute approximate surface area is 150 Å². The fraction of sp³-hybridized carbons (Fsp3) is 0.235. The Hall–Kier alpha value is -2.64. The third kappa shape index (κ3) is 5.44. The Morgan fingerprint density at radius 2 is 2.08 bits per heavy atom. The Balaban J connectivity index is 1.94. The quantitative estimate of drug-likeness (QED) is 0.580. The van der Waals surface area contributed by atoms with Gasteiger partial charge in [-0.2, -0.15) is 0 Å². The van der Waals surface area contributed by atoms with Crippen molar-refractivity contribution in [2.24, 2.45) is 0 Å². The first kappa shape index (κ1) is 18.7. The average molecular weight is 365 g/mol. The van der Waals surface area contributed by atoms with Crippen molar-refractivity contribution in [3.8, 4) is 5.75 Å². The molecule has 1 atom stereocenters. The zero-order valence-electron chi connectivity index (χ0n) is 13.9. The maximum atomic E-state index is 12.2. The molecule has 0 bridgehead atoms. The molecular weight excluding hydrogens is 346 g/mol. The van der Waals surface area contributed by atoms with E-state index >= 15 is 0 Å². The van der Waals surface area contributed by atoms with Gasteiger partial charge in [0.2, 0.25) is 0 Å². The summed E-state index contributed by atoms with van der Waals surface area (Å²) >= 11 is 5.98. The monoisotopic (exact) mass is 364 g/mol. The van der Waals surface area contributed by atoms with Crippen LogP contribution in [0.25, 0.3) is 0 Å². The summed E-state index contributed by atoms with van der Waals surface area (Å²) in [5, 5.41) is 13.5. The van der Waals surface area contributed by atoms with Crippen LogP contribution in [0.3, 0.4) is 0 Å². The third-order valence-corrected chi connectivity index (χ3v) is 3.85. The van der Waals surface area contributed by atoms with E-state index in [0.717, 1.165) is 16.2 Å². The number of carbonyl (C=O) groups is 1. The van der Waals surface area contributed by atoms with Crippen molar-refractivity contribution in [1.29, 1.82) is 0 Å². The maximum absolute atomic E-state index is 12.2. The number of hydrogen-bond acceptors (Lipinski definition) is 4. The molecule has 0 saturated heterocycles. The molecule has 2 N–H and O–H groups in total. The number of ether oxygens (including phenoxy) is 1. The van der Waals surface area contributed by atoms with E-state index in [1.54, 1.807) is 7.11 Å². The Morgan fingerprint density at radius 3 is 2.72 bits per heavy atom. The van der Waals surface area contributed by atoms with Crippen LogP contribution in [-0.2, 0) is 11.3 Å². The normalized spacial score (nSPS) is 11.6. The minimum atomic E-state index is -0.538. The Morgan fingerprint density at radius 1 is 1.32 bits per heavy atom. The molecule has 7 nitrogen and oxygen atoms in total. The number of non-ortho nitro benzene ring substituents is 1. The van der Waals surface area contributed by atoms with Crippen LogP contribution >= 0.6 is 11.6 Å². The number of nitro benzene ring substituents is 1. The molecule has 1 unspecified atom stereocenters. The highest BCUT2D eigenvalue weighted by Gasteiger charge is 2.15. The van der Waals surface area contributed by atoms with Gasteiger partial charge in [-0.3, -0.25) is 14.9 Å². The van der Waals surface area contributed by atoms with Gasteiger partial charge in [-0.15, -0.1) is 0 Å². The number of nitro groups is 1. The largest absolute Gasteiger partial charge is 0.497 e. The number of halogens is 1. The van der Waals surface area contributed by atoms with Gasteiger partial charge in [0, 0.05) is 17.7 Å². The SMILES string of the molecule is COc1cccc(C[NH+](C)CC(=O)Nc2ccc([N+](=O)[O-])cc2Cl)c1. The predicted molar refractivity (Wildman–Crippen MR) is 95.2 cm³/mol. The second kappa shape index (κ2) is 8.46. The summed E-state index contributed by atoms with van der Waals surface area (Å²) in [4.78, 5) is 23.3. The smallest absolute Gasteiger partial charge is 0.279 e. The zero-order valence-corrected chi connectivity index (χ0v) is 14.7. The summed E-state index contributed by atoms with van der Waals surface area (Å²) in [5.41, 5.74) is 1.29. The molecule has 1 amide bonds. The van der Waals surface area contributed by atoms with Crippen LogP contribution < -0.4 is 15.0 Å². The van der Waals surface area contributed by atoms with Crippen LogP contribution in [0.15, 0.2) is 42.5 Å². The lowest BCUT2D eigenvalue weighted by atomic mass is 10.2. The van der Waals surface area contributed by atoms with E-state index < -0.39 is 4.92 Å². The van der Waals surface area contributed by atoms with Crippen molar-refractivity contribution in [2.75, 3.05) is 26.0 Å². The average Bonchev–Trinajstić information content (AvgIpc) is 2.56. The van der Waals surface area contributed by atoms with Crippen LogP contribution in [0.1, 0.15) is 5.56 Å².